The molecule has 0 radical (unpaired) electrons. The molecule has 2 N–H and O–H groups in total. The number of piperidine rings is 1. The molecule has 1 unspecified atom stereocenters. The third-order valence-electron chi connectivity index (χ3n) is 3.69. The van der Waals surface area contributed by atoms with Crippen LogP contribution in [0.15, 0.2) is 17.0 Å². The summed E-state index contributed by atoms with van der Waals surface area (Å²) in [6.45, 7) is 1.99. The Balaban J connectivity index is 0.00000264. The second-order valence-corrected chi connectivity index (χ2v) is 6.94. The van der Waals surface area contributed by atoms with Gasteiger partial charge in [0.05, 0.1) is 14.2 Å². The minimum Gasteiger partial charge on any atom is -0.493 e. The van der Waals surface area contributed by atoms with Gasteiger partial charge in [-0.2, -0.15) is 0 Å². The zero-order valence-corrected chi connectivity index (χ0v) is 14.7. The van der Waals surface area contributed by atoms with Crippen LogP contribution in [0.4, 0.5) is 4.39 Å². The van der Waals surface area contributed by atoms with Crippen molar-refractivity contribution in [1.29, 1.82) is 0 Å². The Labute approximate surface area is 142 Å². The van der Waals surface area contributed by atoms with Gasteiger partial charge in [-0.3, -0.25) is 0 Å². The standard InChI is InChI=1S/C14H21FN2O4S.ClH/c1-20-12-6-11(15)14(7-13(12)21-2)22(18,19)17-9-10-4-3-5-16-8-10;/h6-7,10,16-17H,3-5,8-9H2,1-2H3;1H. The van der Waals surface area contributed by atoms with Gasteiger partial charge >= 0.3 is 0 Å². The zero-order valence-electron chi connectivity index (χ0n) is 13.1. The van der Waals surface area contributed by atoms with Gasteiger partial charge in [0.15, 0.2) is 11.5 Å². The molecule has 1 aromatic carbocycles. The van der Waals surface area contributed by atoms with Gasteiger partial charge in [-0.15, -0.1) is 12.4 Å². The Kier molecular flexibility index (Phi) is 7.53. The third kappa shape index (κ3) is 4.94. The van der Waals surface area contributed by atoms with Crippen LogP contribution >= 0.6 is 12.4 Å². The highest BCUT2D eigenvalue weighted by molar-refractivity contribution is 7.89. The summed E-state index contributed by atoms with van der Waals surface area (Å²) in [5, 5.41) is 3.21. The summed E-state index contributed by atoms with van der Waals surface area (Å²) < 4.78 is 51.1. The molecular formula is C14H22ClFN2O4S. The number of hydrogen-bond donors (Lipinski definition) is 2. The fraction of sp³-hybridized carbons (Fsp3) is 0.571. The van der Waals surface area contributed by atoms with Crippen molar-refractivity contribution in [3.05, 3.63) is 17.9 Å². The van der Waals surface area contributed by atoms with Crippen molar-refractivity contribution in [2.75, 3.05) is 33.9 Å². The molecule has 0 aliphatic carbocycles. The zero-order chi connectivity index (χ0) is 16.2. The van der Waals surface area contributed by atoms with E-state index in [9.17, 15) is 12.8 Å². The van der Waals surface area contributed by atoms with Gasteiger partial charge in [-0.05, 0) is 31.8 Å². The summed E-state index contributed by atoms with van der Waals surface area (Å²) in [6.07, 6.45) is 1.96. The average molecular weight is 369 g/mol. The Morgan fingerprint density at radius 2 is 1.96 bits per heavy atom. The van der Waals surface area contributed by atoms with Gasteiger partial charge in [0.1, 0.15) is 10.7 Å². The molecule has 1 heterocycles. The van der Waals surface area contributed by atoms with E-state index in [0.717, 1.165) is 38.1 Å². The van der Waals surface area contributed by atoms with E-state index in [-0.39, 0.29) is 36.4 Å². The Bertz CT molecular complexity index is 621. The van der Waals surface area contributed by atoms with Crippen LogP contribution < -0.4 is 19.5 Å². The average Bonchev–Trinajstić information content (AvgIpc) is 2.53. The number of halogens is 2. The molecule has 1 aliphatic heterocycles. The van der Waals surface area contributed by atoms with Crippen molar-refractivity contribution in [2.45, 2.75) is 17.7 Å². The van der Waals surface area contributed by atoms with Gasteiger partial charge in [0.2, 0.25) is 10.0 Å². The monoisotopic (exact) mass is 368 g/mol. The molecule has 1 fully saturated rings. The van der Waals surface area contributed by atoms with Gasteiger partial charge < -0.3 is 14.8 Å². The number of sulfonamides is 1. The summed E-state index contributed by atoms with van der Waals surface area (Å²) in [4.78, 5) is -0.436. The van der Waals surface area contributed by atoms with E-state index in [4.69, 9.17) is 9.47 Å². The Hall–Kier alpha value is -1.09. The van der Waals surface area contributed by atoms with E-state index < -0.39 is 20.7 Å². The minimum atomic E-state index is -3.94. The molecule has 9 heteroatoms. The highest BCUT2D eigenvalue weighted by Crippen LogP contribution is 2.31. The van der Waals surface area contributed by atoms with Crippen LogP contribution in [0.25, 0.3) is 0 Å². The van der Waals surface area contributed by atoms with Crippen LogP contribution in [0.1, 0.15) is 12.8 Å². The number of ether oxygens (including phenoxy) is 2. The topological polar surface area (TPSA) is 76.7 Å². The number of benzene rings is 1. The number of methoxy groups -OCH3 is 2. The molecule has 6 nitrogen and oxygen atoms in total. The first-order valence-electron chi connectivity index (χ1n) is 7.10. The fourth-order valence-corrected chi connectivity index (χ4v) is 3.63. The molecule has 23 heavy (non-hydrogen) atoms. The summed E-state index contributed by atoms with van der Waals surface area (Å²) >= 11 is 0. The van der Waals surface area contributed by atoms with Gasteiger partial charge in [-0.1, -0.05) is 0 Å². The molecule has 1 saturated heterocycles. The van der Waals surface area contributed by atoms with Crippen molar-refractivity contribution >= 4 is 22.4 Å². The molecule has 132 valence electrons. The predicted molar refractivity (Wildman–Crippen MR) is 87.5 cm³/mol. The van der Waals surface area contributed by atoms with Crippen LogP contribution in [0.3, 0.4) is 0 Å². The maximum absolute atomic E-state index is 14.0. The predicted octanol–water partition coefficient (Wildman–Crippen LogP) is 1.54. The highest BCUT2D eigenvalue weighted by Gasteiger charge is 2.24. The molecule has 1 aromatic rings. The van der Waals surface area contributed by atoms with E-state index in [0.29, 0.717) is 0 Å². The minimum absolute atomic E-state index is 0. The first-order valence-corrected chi connectivity index (χ1v) is 8.58. The lowest BCUT2D eigenvalue weighted by Crippen LogP contribution is -2.38. The lowest BCUT2D eigenvalue weighted by atomic mass is 10.0. The number of nitrogens with one attached hydrogen (secondary N) is 2. The van der Waals surface area contributed by atoms with E-state index >= 15 is 0 Å². The molecule has 1 aliphatic rings. The van der Waals surface area contributed by atoms with Crippen LogP contribution in [0.2, 0.25) is 0 Å². The summed E-state index contributed by atoms with van der Waals surface area (Å²) in [6, 6.07) is 2.14. The molecule has 0 bridgehead atoms. The molecule has 0 amide bonds. The second kappa shape index (κ2) is 8.68. The van der Waals surface area contributed by atoms with Crippen molar-refractivity contribution in [2.24, 2.45) is 5.92 Å². The molecule has 0 spiro atoms. The van der Waals surface area contributed by atoms with Gasteiger partial charge in [0.25, 0.3) is 0 Å². The first kappa shape index (κ1) is 20.0. The van der Waals surface area contributed by atoms with Crippen molar-refractivity contribution in [1.82, 2.24) is 10.0 Å². The Morgan fingerprint density at radius 3 is 2.52 bits per heavy atom. The van der Waals surface area contributed by atoms with E-state index in [1.807, 2.05) is 0 Å². The third-order valence-corrected chi connectivity index (χ3v) is 5.13. The summed E-state index contributed by atoms with van der Waals surface area (Å²) in [5.74, 6) is -0.335. The van der Waals surface area contributed by atoms with Crippen LogP contribution in [-0.4, -0.2) is 42.3 Å². The van der Waals surface area contributed by atoms with Crippen molar-refractivity contribution in [3.8, 4) is 11.5 Å². The number of rotatable bonds is 6. The molecule has 0 saturated carbocycles. The van der Waals surface area contributed by atoms with E-state index in [2.05, 4.69) is 10.0 Å². The van der Waals surface area contributed by atoms with Crippen LogP contribution in [-0.2, 0) is 10.0 Å². The smallest absolute Gasteiger partial charge is 0.243 e. The quantitative estimate of drug-likeness (QED) is 0.796. The normalized spacial score (nSPS) is 18.1. The summed E-state index contributed by atoms with van der Waals surface area (Å²) in [5.41, 5.74) is 0. The Morgan fingerprint density at radius 1 is 1.30 bits per heavy atom. The molecular weight excluding hydrogens is 347 g/mol. The van der Waals surface area contributed by atoms with E-state index in [1.165, 1.54) is 14.2 Å². The van der Waals surface area contributed by atoms with Crippen LogP contribution in [0.5, 0.6) is 11.5 Å². The van der Waals surface area contributed by atoms with Gasteiger partial charge in [-0.25, -0.2) is 17.5 Å². The molecule has 1 atom stereocenters. The lowest BCUT2D eigenvalue weighted by molar-refractivity contribution is 0.350. The van der Waals surface area contributed by atoms with Crippen molar-refractivity contribution < 1.29 is 22.3 Å². The SMILES string of the molecule is COc1cc(F)c(S(=O)(=O)NCC2CCCNC2)cc1OC.Cl. The highest BCUT2D eigenvalue weighted by atomic mass is 35.5. The second-order valence-electron chi connectivity index (χ2n) is 5.20. The number of hydrogen-bond acceptors (Lipinski definition) is 5. The lowest BCUT2D eigenvalue weighted by Gasteiger charge is -2.23. The van der Waals surface area contributed by atoms with Crippen LogP contribution in [0, 0.1) is 11.7 Å². The largest absolute Gasteiger partial charge is 0.493 e. The first-order chi connectivity index (χ1) is 10.5. The molecule has 0 aromatic heterocycles. The summed E-state index contributed by atoms with van der Waals surface area (Å²) in [7, 11) is -1.21. The molecule has 2 rings (SSSR count). The van der Waals surface area contributed by atoms with Crippen molar-refractivity contribution in [3.63, 3.8) is 0 Å². The maximum Gasteiger partial charge on any atom is 0.243 e. The van der Waals surface area contributed by atoms with E-state index in [1.54, 1.807) is 0 Å². The maximum atomic E-state index is 14.0. The van der Waals surface area contributed by atoms with Gasteiger partial charge in [0, 0.05) is 18.7 Å². The fourth-order valence-electron chi connectivity index (χ4n) is 2.44.